The minimum Gasteiger partial charge on any atom is -0.131 e. The zero-order valence-corrected chi connectivity index (χ0v) is 9.61. The molecule has 0 nitrogen and oxygen atoms in total. The van der Waals surface area contributed by atoms with Gasteiger partial charge in [-0.15, -0.1) is 11.8 Å². The first-order valence-corrected chi connectivity index (χ1v) is 5.88. The lowest BCUT2D eigenvalue weighted by Crippen LogP contribution is -2.14. The number of fused-ring (bicyclic) bond motifs is 5. The van der Waals surface area contributed by atoms with Crippen LogP contribution in [0.25, 0.3) is 0 Å². The molecule has 2 bridgehead atoms. The van der Waals surface area contributed by atoms with Gasteiger partial charge in [0.15, 0.2) is 0 Å². The summed E-state index contributed by atoms with van der Waals surface area (Å²) in [5, 5.41) is 0. The van der Waals surface area contributed by atoms with Crippen LogP contribution in [0.3, 0.4) is 0 Å². The van der Waals surface area contributed by atoms with E-state index in [1.165, 1.54) is 11.1 Å². The molecule has 0 fully saturated rings. The van der Waals surface area contributed by atoms with Gasteiger partial charge in [-0.3, -0.25) is 0 Å². The van der Waals surface area contributed by atoms with Crippen molar-refractivity contribution in [3.05, 3.63) is 47.0 Å². The number of rotatable bonds is 0. The highest BCUT2D eigenvalue weighted by Crippen LogP contribution is 2.64. The molecule has 72 valence electrons. The normalized spacial score (nSPS) is 37.6. The van der Waals surface area contributed by atoms with Crippen LogP contribution in [0.4, 0.5) is 0 Å². The molecule has 2 atom stereocenters. The summed E-state index contributed by atoms with van der Waals surface area (Å²) >= 11 is 2.07. The molecule has 0 spiro atoms. The summed E-state index contributed by atoms with van der Waals surface area (Å²) in [4.78, 5) is 0. The van der Waals surface area contributed by atoms with E-state index in [9.17, 15) is 0 Å². The summed E-state index contributed by atoms with van der Waals surface area (Å²) in [7, 11) is 0. The lowest BCUT2D eigenvalue weighted by atomic mass is 9.81. The van der Waals surface area contributed by atoms with Crippen molar-refractivity contribution in [3.63, 3.8) is 0 Å². The maximum Gasteiger partial charge on any atom is 0.0578 e. The Kier molecular flexibility index (Phi) is 1.40. The zero-order chi connectivity index (χ0) is 9.97. The fourth-order valence-electron chi connectivity index (χ4n) is 2.85. The Hall–Kier alpha value is -0.690. The van der Waals surface area contributed by atoms with Gasteiger partial charge in [-0.1, -0.05) is 30.4 Å². The van der Waals surface area contributed by atoms with E-state index in [1.807, 2.05) is 0 Å². The van der Waals surface area contributed by atoms with Crippen LogP contribution in [0.1, 0.15) is 30.5 Å². The fraction of sp³-hybridized carbons (Fsp3) is 0.385. The molecule has 0 radical (unpaired) electrons. The van der Waals surface area contributed by atoms with Crippen molar-refractivity contribution in [2.45, 2.75) is 30.3 Å². The van der Waals surface area contributed by atoms with Gasteiger partial charge in [0, 0.05) is 0 Å². The van der Waals surface area contributed by atoms with Crippen LogP contribution in [0.5, 0.6) is 0 Å². The van der Waals surface area contributed by atoms with Crippen LogP contribution >= 0.6 is 11.8 Å². The lowest BCUT2D eigenvalue weighted by Gasteiger charge is -2.21. The molecular formula is C13H14S. The van der Waals surface area contributed by atoms with E-state index < -0.39 is 0 Å². The quantitative estimate of drug-likeness (QED) is 0.577. The van der Waals surface area contributed by atoms with Crippen molar-refractivity contribution in [2.75, 3.05) is 0 Å². The fourth-order valence-corrected chi connectivity index (χ4v) is 4.65. The molecule has 0 N–H and O–H groups in total. The van der Waals surface area contributed by atoms with Gasteiger partial charge in [0.1, 0.15) is 0 Å². The highest BCUT2D eigenvalue weighted by Gasteiger charge is 2.50. The summed E-state index contributed by atoms with van der Waals surface area (Å²) in [5.74, 6) is 0. The molecule has 0 aliphatic carbocycles. The van der Waals surface area contributed by atoms with E-state index in [2.05, 4.69) is 62.9 Å². The summed E-state index contributed by atoms with van der Waals surface area (Å²) in [6, 6.07) is 6.69. The smallest absolute Gasteiger partial charge is 0.0578 e. The van der Waals surface area contributed by atoms with Gasteiger partial charge in [0.05, 0.1) is 9.49 Å². The van der Waals surface area contributed by atoms with Gasteiger partial charge in [-0.2, -0.15) is 0 Å². The summed E-state index contributed by atoms with van der Waals surface area (Å²) < 4.78 is 0.464. The van der Waals surface area contributed by atoms with E-state index in [4.69, 9.17) is 0 Å². The Balaban J connectivity index is 2.38. The van der Waals surface area contributed by atoms with E-state index in [0.717, 1.165) is 0 Å². The van der Waals surface area contributed by atoms with Crippen molar-refractivity contribution in [1.82, 2.24) is 0 Å². The minimum atomic E-state index is 0.232. The van der Waals surface area contributed by atoms with Gasteiger partial charge >= 0.3 is 0 Å². The van der Waals surface area contributed by atoms with Crippen LogP contribution in [-0.4, -0.2) is 0 Å². The Bertz CT molecular complexity index is 447. The Morgan fingerprint density at radius 1 is 1.07 bits per heavy atom. The van der Waals surface area contributed by atoms with Gasteiger partial charge in [0.2, 0.25) is 0 Å². The lowest BCUT2D eigenvalue weighted by molar-refractivity contribution is 0.821. The maximum atomic E-state index is 2.37. The highest BCUT2D eigenvalue weighted by molar-refractivity contribution is 8.02. The molecule has 2 aliphatic heterocycles. The molecule has 2 aliphatic rings. The average molecular weight is 202 g/mol. The van der Waals surface area contributed by atoms with Crippen molar-refractivity contribution < 1.29 is 0 Å². The second-order valence-electron chi connectivity index (χ2n) is 4.65. The molecule has 2 heterocycles. The minimum absolute atomic E-state index is 0.232. The SMILES string of the molecule is Cc1cccc2c1[C@@]1(C)C=C[C@]2(C)S1. The van der Waals surface area contributed by atoms with Crippen molar-refractivity contribution in [2.24, 2.45) is 0 Å². The Labute approximate surface area is 89.4 Å². The molecule has 1 aromatic rings. The Morgan fingerprint density at radius 3 is 2.50 bits per heavy atom. The van der Waals surface area contributed by atoms with Crippen molar-refractivity contribution in [3.8, 4) is 0 Å². The number of aryl methyl sites for hydroxylation is 1. The summed E-state index contributed by atoms with van der Waals surface area (Å²) in [6.45, 7) is 6.88. The largest absolute Gasteiger partial charge is 0.131 e. The van der Waals surface area contributed by atoms with Crippen LogP contribution in [0.2, 0.25) is 0 Å². The Morgan fingerprint density at radius 2 is 1.79 bits per heavy atom. The topological polar surface area (TPSA) is 0 Å². The predicted molar refractivity (Wildman–Crippen MR) is 62.6 cm³/mol. The van der Waals surface area contributed by atoms with E-state index in [-0.39, 0.29) is 9.49 Å². The first-order chi connectivity index (χ1) is 6.55. The van der Waals surface area contributed by atoms with Gasteiger partial charge in [-0.25, -0.2) is 0 Å². The second-order valence-corrected chi connectivity index (χ2v) is 6.55. The molecule has 0 saturated heterocycles. The van der Waals surface area contributed by atoms with Crippen LogP contribution in [0.15, 0.2) is 30.4 Å². The molecule has 0 saturated carbocycles. The monoisotopic (exact) mass is 202 g/mol. The third-order valence-corrected chi connectivity index (χ3v) is 4.99. The number of thioether (sulfide) groups is 1. The third kappa shape index (κ3) is 0.819. The standard InChI is InChI=1S/C13H14S/c1-9-5-4-6-10-11(9)13(3)8-7-12(10,2)14-13/h4-8H,1-3H3/t12-,13+/m0/s1. The van der Waals surface area contributed by atoms with Crippen molar-refractivity contribution in [1.29, 1.82) is 0 Å². The molecule has 1 aromatic carbocycles. The van der Waals surface area contributed by atoms with Crippen LogP contribution < -0.4 is 0 Å². The van der Waals surface area contributed by atoms with Gasteiger partial charge < -0.3 is 0 Å². The third-order valence-electron chi connectivity index (χ3n) is 3.45. The van der Waals surface area contributed by atoms with Gasteiger partial charge in [0.25, 0.3) is 0 Å². The van der Waals surface area contributed by atoms with Crippen molar-refractivity contribution >= 4 is 11.8 Å². The van der Waals surface area contributed by atoms with Crippen LogP contribution in [-0.2, 0) is 9.49 Å². The maximum absolute atomic E-state index is 2.37. The van der Waals surface area contributed by atoms with Gasteiger partial charge in [-0.05, 0) is 37.5 Å². The first-order valence-electron chi connectivity index (χ1n) is 5.06. The van der Waals surface area contributed by atoms with E-state index in [0.29, 0.717) is 0 Å². The molecule has 0 amide bonds. The predicted octanol–water partition coefficient (Wildman–Crippen LogP) is 3.74. The summed E-state index contributed by atoms with van der Waals surface area (Å²) in [6.07, 6.45) is 4.73. The first kappa shape index (κ1) is 8.60. The molecule has 0 aromatic heterocycles. The molecule has 3 rings (SSSR count). The summed E-state index contributed by atoms with van der Waals surface area (Å²) in [5.41, 5.74) is 4.51. The zero-order valence-electron chi connectivity index (χ0n) is 8.79. The number of hydrogen-bond acceptors (Lipinski definition) is 1. The molecule has 1 heteroatoms. The molecule has 14 heavy (non-hydrogen) atoms. The highest BCUT2D eigenvalue weighted by atomic mass is 32.2. The van der Waals surface area contributed by atoms with E-state index in [1.54, 1.807) is 5.56 Å². The number of hydrogen-bond donors (Lipinski definition) is 0. The average Bonchev–Trinajstić information content (AvgIpc) is 2.54. The van der Waals surface area contributed by atoms with Crippen LogP contribution in [0, 0.1) is 6.92 Å². The molecular weight excluding hydrogens is 188 g/mol. The number of benzene rings is 1. The van der Waals surface area contributed by atoms with E-state index >= 15 is 0 Å². The molecule has 0 unspecified atom stereocenters. The second kappa shape index (κ2) is 2.27.